The molecule has 1 amide bonds. The third kappa shape index (κ3) is 6.88. The van der Waals surface area contributed by atoms with Gasteiger partial charge in [-0.15, -0.1) is 0 Å². The molecular weight excluding hydrogens is 364 g/mol. The fourth-order valence-corrected chi connectivity index (χ4v) is 2.40. The van der Waals surface area contributed by atoms with Crippen molar-refractivity contribution < 1.29 is 28.9 Å². The van der Waals surface area contributed by atoms with Gasteiger partial charge in [0.2, 0.25) is 0 Å². The van der Waals surface area contributed by atoms with Crippen LogP contribution in [0.15, 0.2) is 48.5 Å². The minimum absolute atomic E-state index is 0.0856. The van der Waals surface area contributed by atoms with Crippen LogP contribution in [0.5, 0.6) is 11.5 Å². The normalized spacial score (nSPS) is 11.0. The molecule has 2 rings (SSSR count). The van der Waals surface area contributed by atoms with Gasteiger partial charge >= 0.3 is 12.2 Å². The maximum Gasteiger partial charge on any atom is 0.513 e. The van der Waals surface area contributed by atoms with Crippen LogP contribution in [-0.2, 0) is 11.2 Å². The number of carbonyl (C=O) groups excluding carboxylic acids is 1. The molecule has 0 unspecified atom stereocenters. The molecule has 0 aliphatic rings. The first-order valence-electron chi connectivity index (χ1n) is 8.56. The molecule has 0 aromatic heterocycles. The zero-order chi connectivity index (χ0) is 20.4. The summed E-state index contributed by atoms with van der Waals surface area (Å²) in [6.45, 7) is 1.98. The minimum atomic E-state index is -1.17. The zero-order valence-corrected chi connectivity index (χ0v) is 15.3. The first-order valence-corrected chi connectivity index (χ1v) is 8.56. The number of amides is 1. The fourth-order valence-electron chi connectivity index (χ4n) is 2.40. The SMILES string of the molecule is CCOC(=O)Oc1ccc(C[C@H](COc2cccc(C#N)c2)NC(=O)O)cc1. The van der Waals surface area contributed by atoms with Gasteiger partial charge in [-0.1, -0.05) is 18.2 Å². The number of carboxylic acid groups (broad SMARTS) is 1. The largest absolute Gasteiger partial charge is 0.513 e. The van der Waals surface area contributed by atoms with E-state index in [1.54, 1.807) is 55.5 Å². The second-order valence-electron chi connectivity index (χ2n) is 5.73. The first kappa shape index (κ1) is 20.6. The van der Waals surface area contributed by atoms with E-state index in [2.05, 4.69) is 5.32 Å². The Morgan fingerprint density at radius 3 is 2.57 bits per heavy atom. The summed E-state index contributed by atoms with van der Waals surface area (Å²) in [4.78, 5) is 22.4. The van der Waals surface area contributed by atoms with Crippen molar-refractivity contribution >= 4 is 12.2 Å². The summed E-state index contributed by atoms with van der Waals surface area (Å²) in [5, 5.41) is 20.4. The molecule has 0 aliphatic carbocycles. The second kappa shape index (κ2) is 10.4. The van der Waals surface area contributed by atoms with E-state index in [9.17, 15) is 9.59 Å². The molecule has 0 fully saturated rings. The zero-order valence-electron chi connectivity index (χ0n) is 15.3. The molecule has 0 radical (unpaired) electrons. The van der Waals surface area contributed by atoms with Gasteiger partial charge in [0, 0.05) is 0 Å². The van der Waals surface area contributed by atoms with Crippen LogP contribution >= 0.6 is 0 Å². The third-order valence-electron chi connectivity index (χ3n) is 3.61. The highest BCUT2D eigenvalue weighted by Crippen LogP contribution is 2.16. The predicted octanol–water partition coefficient (Wildman–Crippen LogP) is 3.35. The summed E-state index contributed by atoms with van der Waals surface area (Å²) in [7, 11) is 0. The smallest absolute Gasteiger partial charge is 0.491 e. The second-order valence-corrected chi connectivity index (χ2v) is 5.73. The minimum Gasteiger partial charge on any atom is -0.491 e. The summed E-state index contributed by atoms with van der Waals surface area (Å²) in [6.07, 6.45) is -1.58. The lowest BCUT2D eigenvalue weighted by atomic mass is 10.1. The number of hydrogen-bond donors (Lipinski definition) is 2. The summed E-state index contributed by atoms with van der Waals surface area (Å²) in [5.41, 5.74) is 1.28. The van der Waals surface area contributed by atoms with Crippen LogP contribution in [0.2, 0.25) is 0 Å². The van der Waals surface area contributed by atoms with Gasteiger partial charge in [0.05, 0.1) is 24.3 Å². The molecule has 0 heterocycles. The van der Waals surface area contributed by atoms with Gasteiger partial charge in [0.25, 0.3) is 0 Å². The van der Waals surface area contributed by atoms with Crippen molar-refractivity contribution in [1.82, 2.24) is 5.32 Å². The number of hydrogen-bond acceptors (Lipinski definition) is 6. The number of rotatable bonds is 8. The van der Waals surface area contributed by atoms with Crippen molar-refractivity contribution in [3.05, 3.63) is 59.7 Å². The Balaban J connectivity index is 1.98. The van der Waals surface area contributed by atoms with Gasteiger partial charge in [-0.2, -0.15) is 5.26 Å². The molecule has 146 valence electrons. The van der Waals surface area contributed by atoms with Crippen molar-refractivity contribution in [2.75, 3.05) is 13.2 Å². The highest BCUT2D eigenvalue weighted by atomic mass is 16.7. The van der Waals surface area contributed by atoms with Gasteiger partial charge in [-0.3, -0.25) is 0 Å². The van der Waals surface area contributed by atoms with E-state index in [1.165, 1.54) is 0 Å². The molecule has 1 atom stereocenters. The molecule has 28 heavy (non-hydrogen) atoms. The van der Waals surface area contributed by atoms with Gasteiger partial charge in [0.15, 0.2) is 0 Å². The molecule has 8 nitrogen and oxygen atoms in total. The fraction of sp³-hybridized carbons (Fsp3) is 0.250. The Labute approximate surface area is 162 Å². The van der Waals surface area contributed by atoms with E-state index < -0.39 is 18.3 Å². The number of benzene rings is 2. The maximum atomic E-state index is 11.3. The average molecular weight is 384 g/mol. The standard InChI is InChI=1S/C20H20N2O6/c1-2-26-20(25)28-17-8-6-14(7-9-17)10-16(22-19(23)24)13-27-18-5-3-4-15(11-18)12-21/h3-9,11,16,22H,2,10,13H2,1H3,(H,23,24)/t16-/m1/s1. The topological polar surface area (TPSA) is 118 Å². The molecule has 2 N–H and O–H groups in total. The van der Waals surface area contributed by atoms with E-state index in [-0.39, 0.29) is 13.2 Å². The third-order valence-corrected chi connectivity index (χ3v) is 3.61. The Bertz CT molecular complexity index is 845. The summed E-state index contributed by atoms with van der Waals surface area (Å²) in [5.74, 6) is 0.809. The van der Waals surface area contributed by atoms with E-state index in [0.29, 0.717) is 23.5 Å². The molecule has 0 saturated carbocycles. The van der Waals surface area contributed by atoms with Crippen LogP contribution in [0.3, 0.4) is 0 Å². The van der Waals surface area contributed by atoms with Crippen molar-refractivity contribution in [1.29, 1.82) is 5.26 Å². The summed E-state index contributed by atoms with van der Waals surface area (Å²) in [6, 6.07) is 14.8. The maximum absolute atomic E-state index is 11.3. The van der Waals surface area contributed by atoms with Crippen molar-refractivity contribution in [3.8, 4) is 17.6 Å². The molecular formula is C20H20N2O6. The van der Waals surface area contributed by atoms with Crippen LogP contribution in [0, 0.1) is 11.3 Å². The van der Waals surface area contributed by atoms with Crippen molar-refractivity contribution in [2.45, 2.75) is 19.4 Å². The summed E-state index contributed by atoms with van der Waals surface area (Å²) < 4.78 is 15.3. The predicted molar refractivity (Wildman–Crippen MR) is 99.4 cm³/mol. The highest BCUT2D eigenvalue weighted by Gasteiger charge is 2.14. The Morgan fingerprint density at radius 1 is 1.18 bits per heavy atom. The molecule has 2 aromatic carbocycles. The highest BCUT2D eigenvalue weighted by molar-refractivity contribution is 5.65. The monoisotopic (exact) mass is 384 g/mol. The Hall–Kier alpha value is -3.73. The molecule has 0 saturated heterocycles. The van der Waals surface area contributed by atoms with Crippen LogP contribution in [0.1, 0.15) is 18.1 Å². The quantitative estimate of drug-likeness (QED) is 0.529. The van der Waals surface area contributed by atoms with Gasteiger partial charge in [0.1, 0.15) is 18.1 Å². The molecule has 0 aliphatic heterocycles. The molecule has 8 heteroatoms. The van der Waals surface area contributed by atoms with E-state index in [1.807, 2.05) is 6.07 Å². The number of nitrogens with zero attached hydrogens (tertiary/aromatic N) is 1. The lowest BCUT2D eigenvalue weighted by molar-refractivity contribution is 0.104. The number of nitriles is 1. The Kier molecular flexibility index (Phi) is 7.66. The average Bonchev–Trinajstić information content (AvgIpc) is 2.67. The first-order chi connectivity index (χ1) is 13.5. The van der Waals surface area contributed by atoms with Crippen LogP contribution < -0.4 is 14.8 Å². The van der Waals surface area contributed by atoms with Crippen molar-refractivity contribution in [3.63, 3.8) is 0 Å². The number of ether oxygens (including phenoxy) is 3. The van der Waals surface area contributed by atoms with E-state index in [0.717, 1.165) is 5.56 Å². The summed E-state index contributed by atoms with van der Waals surface area (Å²) >= 11 is 0. The van der Waals surface area contributed by atoms with Gasteiger partial charge in [-0.05, 0) is 49.2 Å². The molecule has 2 aromatic rings. The van der Waals surface area contributed by atoms with E-state index >= 15 is 0 Å². The van der Waals surface area contributed by atoms with Gasteiger partial charge < -0.3 is 24.6 Å². The number of nitrogens with one attached hydrogen (secondary N) is 1. The number of carbonyl (C=O) groups is 2. The van der Waals surface area contributed by atoms with Crippen molar-refractivity contribution in [2.24, 2.45) is 0 Å². The lowest BCUT2D eigenvalue weighted by Crippen LogP contribution is -2.39. The van der Waals surface area contributed by atoms with Crippen LogP contribution in [0.25, 0.3) is 0 Å². The van der Waals surface area contributed by atoms with E-state index in [4.69, 9.17) is 24.6 Å². The lowest BCUT2D eigenvalue weighted by Gasteiger charge is -2.18. The Morgan fingerprint density at radius 2 is 1.93 bits per heavy atom. The van der Waals surface area contributed by atoms with Crippen LogP contribution in [-0.4, -0.2) is 36.6 Å². The van der Waals surface area contributed by atoms with Crippen LogP contribution in [0.4, 0.5) is 9.59 Å². The molecule has 0 bridgehead atoms. The molecule has 0 spiro atoms. The van der Waals surface area contributed by atoms with Gasteiger partial charge in [-0.25, -0.2) is 9.59 Å².